The van der Waals surface area contributed by atoms with Crippen LogP contribution < -0.4 is 4.90 Å². The van der Waals surface area contributed by atoms with E-state index in [1.807, 2.05) is 18.2 Å². The summed E-state index contributed by atoms with van der Waals surface area (Å²) in [6.45, 7) is 3.23. The Balaban J connectivity index is 1.49. The van der Waals surface area contributed by atoms with Crippen LogP contribution in [-0.4, -0.2) is 45.2 Å². The summed E-state index contributed by atoms with van der Waals surface area (Å²) < 4.78 is 36.9. The molecule has 0 radical (unpaired) electrons. The molecule has 0 saturated carbocycles. The molecule has 4 rings (SSSR count). The number of anilines is 1. The van der Waals surface area contributed by atoms with Crippen molar-refractivity contribution in [1.82, 2.24) is 14.8 Å². The van der Waals surface area contributed by atoms with E-state index < -0.39 is 23.3 Å². The Labute approximate surface area is 194 Å². The summed E-state index contributed by atoms with van der Waals surface area (Å²) in [5, 5.41) is 15.6. The van der Waals surface area contributed by atoms with Crippen molar-refractivity contribution in [3.63, 3.8) is 0 Å². The number of aliphatic hydroxyl groups is 1. The molecule has 1 saturated heterocycles. The summed E-state index contributed by atoms with van der Waals surface area (Å²) in [6, 6.07) is 11.2. The third-order valence-electron chi connectivity index (χ3n) is 5.97. The molecule has 9 heteroatoms. The van der Waals surface area contributed by atoms with Crippen LogP contribution in [0, 0.1) is 11.6 Å². The highest BCUT2D eigenvalue weighted by molar-refractivity contribution is 9.10. The minimum absolute atomic E-state index is 0.0347. The topological polar surface area (TPSA) is 63.4 Å². The molecule has 0 spiro atoms. The normalized spacial score (nSPS) is 17.8. The molecule has 3 aromatic rings. The molecule has 1 aliphatic rings. The van der Waals surface area contributed by atoms with Crippen LogP contribution in [0.5, 0.6) is 0 Å². The predicted molar refractivity (Wildman–Crippen MR) is 120 cm³/mol. The molecule has 2 atom stereocenters. The molecular formula is C23H25BrF2N4O2. The molecule has 2 aromatic carbocycles. The first-order chi connectivity index (χ1) is 15.4. The molecule has 0 bridgehead atoms. The molecule has 170 valence electrons. The third-order valence-corrected chi connectivity index (χ3v) is 6.64. The van der Waals surface area contributed by atoms with E-state index in [1.54, 1.807) is 6.92 Å². The number of ether oxygens (including phenoxy) is 1. The quantitative estimate of drug-likeness (QED) is 0.518. The molecular weight excluding hydrogens is 482 g/mol. The lowest BCUT2D eigenvalue weighted by Gasteiger charge is -2.39. The predicted octanol–water partition coefficient (Wildman–Crippen LogP) is 4.28. The van der Waals surface area contributed by atoms with Gasteiger partial charge < -0.3 is 14.7 Å². The van der Waals surface area contributed by atoms with Crippen LogP contribution in [0.25, 0.3) is 0 Å². The number of halogens is 3. The standard InChI is InChI=1S/C23H25BrF2N4O2/c1-16(32-18-8-10-29(11-9-18)22-5-3-2-4-20(22)24)23(31,13-30-15-27-14-28-30)19-7-6-17(25)12-21(19)26/h2-7,12,14-16,18,31H,8-11,13H2,1H3/t16-,23-/m1/s1. The summed E-state index contributed by atoms with van der Waals surface area (Å²) in [6.07, 6.45) is 3.43. The largest absolute Gasteiger partial charge is 0.380 e. The van der Waals surface area contributed by atoms with Crippen LogP contribution in [0.2, 0.25) is 0 Å². The first-order valence-electron chi connectivity index (χ1n) is 10.5. The maximum Gasteiger partial charge on any atom is 0.138 e. The molecule has 0 aliphatic carbocycles. The summed E-state index contributed by atoms with van der Waals surface area (Å²) in [7, 11) is 0. The van der Waals surface area contributed by atoms with E-state index in [1.165, 1.54) is 23.4 Å². The number of piperidine rings is 1. The Morgan fingerprint density at radius 3 is 2.62 bits per heavy atom. The number of nitrogens with zero attached hydrogens (tertiary/aromatic N) is 4. The van der Waals surface area contributed by atoms with Crippen molar-refractivity contribution in [1.29, 1.82) is 0 Å². The molecule has 0 unspecified atom stereocenters. The molecule has 2 heterocycles. The van der Waals surface area contributed by atoms with E-state index in [0.717, 1.165) is 48.2 Å². The zero-order valence-electron chi connectivity index (χ0n) is 17.7. The van der Waals surface area contributed by atoms with Crippen LogP contribution in [0.15, 0.2) is 59.6 Å². The Kier molecular flexibility index (Phi) is 6.88. The Hall–Kier alpha value is -2.36. The maximum atomic E-state index is 14.7. The number of rotatable bonds is 7. The van der Waals surface area contributed by atoms with Gasteiger partial charge in [0.15, 0.2) is 0 Å². The van der Waals surface area contributed by atoms with Crippen molar-refractivity contribution in [2.45, 2.75) is 44.1 Å². The van der Waals surface area contributed by atoms with Gasteiger partial charge in [0.2, 0.25) is 0 Å². The number of benzene rings is 2. The van der Waals surface area contributed by atoms with E-state index in [-0.39, 0.29) is 18.2 Å². The van der Waals surface area contributed by atoms with E-state index >= 15 is 0 Å². The fourth-order valence-corrected chi connectivity index (χ4v) is 4.71. The monoisotopic (exact) mass is 506 g/mol. The second-order valence-electron chi connectivity index (χ2n) is 8.06. The van der Waals surface area contributed by atoms with Gasteiger partial charge in [0.25, 0.3) is 0 Å². The van der Waals surface area contributed by atoms with Gasteiger partial charge in [0.1, 0.15) is 29.9 Å². The minimum atomic E-state index is -1.76. The van der Waals surface area contributed by atoms with Crippen molar-refractivity contribution in [2.75, 3.05) is 18.0 Å². The van der Waals surface area contributed by atoms with Crippen molar-refractivity contribution in [3.05, 3.63) is 76.8 Å². The second-order valence-corrected chi connectivity index (χ2v) is 8.91. The molecule has 0 amide bonds. The smallest absolute Gasteiger partial charge is 0.138 e. The van der Waals surface area contributed by atoms with Crippen molar-refractivity contribution >= 4 is 21.6 Å². The zero-order valence-corrected chi connectivity index (χ0v) is 19.3. The van der Waals surface area contributed by atoms with Crippen LogP contribution >= 0.6 is 15.9 Å². The van der Waals surface area contributed by atoms with Crippen LogP contribution in [-0.2, 0) is 16.9 Å². The van der Waals surface area contributed by atoms with Crippen LogP contribution in [0.1, 0.15) is 25.3 Å². The first-order valence-corrected chi connectivity index (χ1v) is 11.3. The summed E-state index contributed by atoms with van der Waals surface area (Å²) in [4.78, 5) is 6.18. The highest BCUT2D eigenvalue weighted by atomic mass is 79.9. The van der Waals surface area contributed by atoms with Gasteiger partial charge in [-0.25, -0.2) is 18.4 Å². The third kappa shape index (κ3) is 4.84. The van der Waals surface area contributed by atoms with Gasteiger partial charge in [0, 0.05) is 29.2 Å². The fraction of sp³-hybridized carbons (Fsp3) is 0.391. The Bertz CT molecular complexity index is 1040. The molecule has 6 nitrogen and oxygen atoms in total. The van der Waals surface area contributed by atoms with Crippen molar-refractivity contribution < 1.29 is 18.6 Å². The van der Waals surface area contributed by atoms with Gasteiger partial charge in [-0.05, 0) is 53.9 Å². The fourth-order valence-electron chi connectivity index (χ4n) is 4.18. The number of para-hydroxylation sites is 1. The van der Waals surface area contributed by atoms with Gasteiger partial charge in [0.05, 0.1) is 24.4 Å². The first kappa shape index (κ1) is 22.8. The maximum absolute atomic E-state index is 14.7. The van der Waals surface area contributed by atoms with Crippen molar-refractivity contribution in [3.8, 4) is 0 Å². The highest BCUT2D eigenvalue weighted by Crippen LogP contribution is 2.34. The Morgan fingerprint density at radius 2 is 1.97 bits per heavy atom. The van der Waals surface area contributed by atoms with Gasteiger partial charge >= 0.3 is 0 Å². The van der Waals surface area contributed by atoms with Crippen molar-refractivity contribution in [2.24, 2.45) is 0 Å². The lowest BCUT2D eigenvalue weighted by molar-refractivity contribution is -0.145. The lowest BCUT2D eigenvalue weighted by atomic mass is 9.87. The number of aromatic nitrogens is 3. The summed E-state index contributed by atoms with van der Waals surface area (Å²) >= 11 is 3.60. The second kappa shape index (κ2) is 9.64. The van der Waals surface area contributed by atoms with E-state index in [4.69, 9.17) is 4.74 Å². The van der Waals surface area contributed by atoms with Gasteiger partial charge in [-0.1, -0.05) is 18.2 Å². The number of hydrogen-bond donors (Lipinski definition) is 1. The van der Waals surface area contributed by atoms with Gasteiger partial charge in [-0.3, -0.25) is 0 Å². The van der Waals surface area contributed by atoms with E-state index in [9.17, 15) is 13.9 Å². The van der Waals surface area contributed by atoms with Gasteiger partial charge in [-0.2, -0.15) is 5.10 Å². The Morgan fingerprint density at radius 1 is 1.22 bits per heavy atom. The van der Waals surface area contributed by atoms with Gasteiger partial charge in [-0.15, -0.1) is 0 Å². The summed E-state index contributed by atoms with van der Waals surface area (Å²) in [5.74, 6) is -1.53. The highest BCUT2D eigenvalue weighted by Gasteiger charge is 2.41. The molecule has 1 fully saturated rings. The van der Waals surface area contributed by atoms with Crippen LogP contribution in [0.3, 0.4) is 0 Å². The minimum Gasteiger partial charge on any atom is -0.380 e. The average Bonchev–Trinajstić information content (AvgIpc) is 3.27. The van der Waals surface area contributed by atoms with Crippen LogP contribution in [0.4, 0.5) is 14.5 Å². The molecule has 32 heavy (non-hydrogen) atoms. The average molecular weight is 507 g/mol. The molecule has 1 aliphatic heterocycles. The number of hydrogen-bond acceptors (Lipinski definition) is 5. The lowest BCUT2D eigenvalue weighted by Crippen LogP contribution is -2.47. The molecule has 1 aromatic heterocycles. The van der Waals surface area contributed by atoms with E-state index in [2.05, 4.69) is 37.0 Å². The summed E-state index contributed by atoms with van der Waals surface area (Å²) in [5.41, 5.74) is -0.659. The zero-order chi connectivity index (χ0) is 22.7. The van der Waals surface area contributed by atoms with E-state index in [0.29, 0.717) is 0 Å². The molecule has 1 N–H and O–H groups in total. The SMILES string of the molecule is C[C@@H](OC1CCN(c2ccccc2Br)CC1)[C@](O)(Cn1cncn1)c1ccc(F)cc1F.